The van der Waals surface area contributed by atoms with Crippen molar-refractivity contribution in [2.75, 3.05) is 43.5 Å². The zero-order chi connectivity index (χ0) is 19.7. The molecule has 0 spiro atoms. The van der Waals surface area contributed by atoms with Crippen molar-refractivity contribution in [3.05, 3.63) is 45.5 Å². The number of ketones is 1. The number of fused-ring (bicyclic) bond motifs is 1. The molecule has 3 heterocycles. The van der Waals surface area contributed by atoms with Gasteiger partial charge in [-0.05, 0) is 30.7 Å². The number of anilines is 2. The van der Waals surface area contributed by atoms with E-state index in [1.165, 1.54) is 21.9 Å². The second-order valence-corrected chi connectivity index (χ2v) is 7.11. The lowest BCUT2D eigenvalue weighted by Gasteiger charge is -2.25. The number of rotatable bonds is 4. The van der Waals surface area contributed by atoms with Crippen LogP contribution in [0.3, 0.4) is 0 Å². The Balaban J connectivity index is 1.74. The number of nitrogens with zero attached hydrogens (tertiary/aromatic N) is 4. The number of hydrogen-bond donors (Lipinski definition) is 1. The first kappa shape index (κ1) is 18.4. The minimum Gasteiger partial charge on any atom is -0.490 e. The van der Waals surface area contributed by atoms with Crippen molar-refractivity contribution >= 4 is 39.1 Å². The van der Waals surface area contributed by atoms with E-state index >= 15 is 0 Å². The number of nitrogens with two attached hydrogens (primary N) is 1. The molecule has 10 heteroatoms. The zero-order valence-corrected chi connectivity index (χ0v) is 16.1. The Bertz CT molecular complexity index is 1080. The second kappa shape index (κ2) is 7.56. The molecule has 2 aromatic heterocycles. The highest BCUT2D eigenvalue weighted by Gasteiger charge is 2.19. The van der Waals surface area contributed by atoms with Crippen LogP contribution in [0.1, 0.15) is 12.5 Å². The van der Waals surface area contributed by atoms with Gasteiger partial charge in [0.1, 0.15) is 5.82 Å². The van der Waals surface area contributed by atoms with Gasteiger partial charge in [0.15, 0.2) is 5.76 Å². The van der Waals surface area contributed by atoms with Crippen LogP contribution in [0.5, 0.6) is 0 Å². The van der Waals surface area contributed by atoms with Gasteiger partial charge in [0.05, 0.1) is 25.4 Å². The summed E-state index contributed by atoms with van der Waals surface area (Å²) in [4.78, 5) is 31.0. The van der Waals surface area contributed by atoms with Gasteiger partial charge in [-0.2, -0.15) is 9.50 Å². The van der Waals surface area contributed by atoms with E-state index in [0.29, 0.717) is 30.4 Å². The number of allylic oxidation sites excluding steroid dienone is 4. The number of aromatic nitrogens is 3. The van der Waals surface area contributed by atoms with Crippen LogP contribution in [0, 0.1) is 0 Å². The van der Waals surface area contributed by atoms with E-state index in [0.717, 1.165) is 18.2 Å². The van der Waals surface area contributed by atoms with Crippen molar-refractivity contribution in [3.63, 3.8) is 0 Å². The molecule has 146 valence electrons. The first-order valence-electron chi connectivity index (χ1n) is 8.87. The van der Waals surface area contributed by atoms with E-state index in [1.807, 2.05) is 0 Å². The van der Waals surface area contributed by atoms with Crippen LogP contribution < -0.4 is 16.2 Å². The van der Waals surface area contributed by atoms with Gasteiger partial charge < -0.3 is 20.1 Å². The number of ether oxygens (including phenoxy) is 2. The maximum Gasteiger partial charge on any atom is 0.283 e. The third-order valence-corrected chi connectivity index (χ3v) is 5.31. The first-order valence-corrected chi connectivity index (χ1v) is 9.69. The van der Waals surface area contributed by atoms with Gasteiger partial charge in [-0.3, -0.25) is 9.59 Å². The number of morpholine rings is 1. The number of carbonyl (C=O) groups is 1. The van der Waals surface area contributed by atoms with E-state index in [9.17, 15) is 9.59 Å². The molecule has 2 N–H and O–H groups in total. The minimum absolute atomic E-state index is 0.204. The summed E-state index contributed by atoms with van der Waals surface area (Å²) in [6.07, 6.45) is 6.18. The monoisotopic (exact) mass is 401 g/mol. The highest BCUT2D eigenvalue weighted by atomic mass is 32.1. The van der Waals surface area contributed by atoms with Gasteiger partial charge in [-0.25, -0.2) is 0 Å². The Labute approximate surface area is 164 Å². The fraction of sp³-hybridized carbons (Fsp3) is 0.333. The standard InChI is InChI=1S/C18H19N5O4S/c1-2-27-14-10-11(3-4-13(14)24)9-12-15(19)23-17(20-16(12)25)28-18(21-23)22-5-7-26-8-6-22/h3-4,9-10H,2,5-8,19H2,1H3/b11-9+. The fourth-order valence-corrected chi connectivity index (χ4v) is 3.89. The molecule has 1 aliphatic carbocycles. The largest absolute Gasteiger partial charge is 0.490 e. The van der Waals surface area contributed by atoms with E-state index in [2.05, 4.69) is 15.0 Å². The molecule has 2 aliphatic rings. The average molecular weight is 401 g/mol. The molecule has 0 atom stereocenters. The van der Waals surface area contributed by atoms with Crippen molar-refractivity contribution in [2.45, 2.75) is 6.92 Å². The highest BCUT2D eigenvalue weighted by molar-refractivity contribution is 7.20. The first-order chi connectivity index (χ1) is 13.6. The van der Waals surface area contributed by atoms with Crippen LogP contribution in [0.15, 0.2) is 34.4 Å². The summed E-state index contributed by atoms with van der Waals surface area (Å²) in [6.45, 7) is 4.89. The lowest BCUT2D eigenvalue weighted by molar-refractivity contribution is -0.114. The van der Waals surface area contributed by atoms with Crippen LogP contribution in [-0.4, -0.2) is 53.3 Å². The van der Waals surface area contributed by atoms with Crippen molar-refractivity contribution in [1.29, 1.82) is 0 Å². The topological polar surface area (TPSA) is 112 Å². The number of carbonyl (C=O) groups excluding carboxylic acids is 1. The van der Waals surface area contributed by atoms with Crippen LogP contribution in [0.25, 0.3) is 11.0 Å². The summed E-state index contributed by atoms with van der Waals surface area (Å²) >= 11 is 1.31. The Hall–Kier alpha value is -2.98. The van der Waals surface area contributed by atoms with Crippen LogP contribution in [0.4, 0.5) is 10.9 Å². The Kier molecular flexibility index (Phi) is 4.97. The molecule has 2 aromatic rings. The molecular weight excluding hydrogens is 382 g/mol. The third-order valence-electron chi connectivity index (χ3n) is 4.34. The molecule has 9 nitrogen and oxygen atoms in total. The van der Waals surface area contributed by atoms with E-state index in [1.54, 1.807) is 25.2 Å². The van der Waals surface area contributed by atoms with Crippen molar-refractivity contribution < 1.29 is 14.3 Å². The summed E-state index contributed by atoms with van der Waals surface area (Å²) in [5, 5.41) is 5.27. The molecule has 4 rings (SSSR count). The fourth-order valence-electron chi connectivity index (χ4n) is 2.94. The van der Waals surface area contributed by atoms with E-state index < -0.39 is 5.56 Å². The SMILES string of the molecule is CCOC1=C/C(=C/c2c(N)n3nc(N4CCOCC4)sc3nc2=O)C=CC1=O. The maximum atomic E-state index is 12.5. The lowest BCUT2D eigenvalue weighted by atomic mass is 10.0. The molecular formula is C18H19N5O4S. The molecule has 0 bridgehead atoms. The summed E-state index contributed by atoms with van der Waals surface area (Å²) < 4.78 is 12.2. The summed E-state index contributed by atoms with van der Waals surface area (Å²) in [7, 11) is 0. The molecule has 1 saturated heterocycles. The maximum absolute atomic E-state index is 12.5. The van der Waals surface area contributed by atoms with E-state index in [4.69, 9.17) is 15.2 Å². The lowest BCUT2D eigenvalue weighted by Crippen LogP contribution is -2.36. The zero-order valence-electron chi connectivity index (χ0n) is 15.3. The molecule has 1 fully saturated rings. The Morgan fingerprint density at radius 2 is 2.11 bits per heavy atom. The van der Waals surface area contributed by atoms with Crippen LogP contribution in [-0.2, 0) is 14.3 Å². The van der Waals surface area contributed by atoms with Gasteiger partial charge in [0.25, 0.3) is 5.56 Å². The molecule has 28 heavy (non-hydrogen) atoms. The third kappa shape index (κ3) is 3.43. The van der Waals surface area contributed by atoms with Gasteiger partial charge in [0.2, 0.25) is 15.9 Å². The molecule has 0 unspecified atom stereocenters. The smallest absolute Gasteiger partial charge is 0.283 e. The van der Waals surface area contributed by atoms with Crippen LogP contribution in [0.2, 0.25) is 0 Å². The van der Waals surface area contributed by atoms with E-state index in [-0.39, 0.29) is 22.9 Å². The minimum atomic E-state index is -0.446. The predicted octanol–water partition coefficient (Wildman–Crippen LogP) is 1.01. The Morgan fingerprint density at radius 1 is 1.32 bits per heavy atom. The normalized spacial score (nSPS) is 18.8. The number of hydrogen-bond acceptors (Lipinski definition) is 9. The molecule has 0 saturated carbocycles. The summed E-state index contributed by atoms with van der Waals surface area (Å²) in [5.74, 6) is 0.217. The van der Waals surface area contributed by atoms with Gasteiger partial charge in [-0.15, -0.1) is 5.10 Å². The Morgan fingerprint density at radius 3 is 2.86 bits per heavy atom. The summed E-state index contributed by atoms with van der Waals surface area (Å²) in [6, 6.07) is 0. The molecule has 0 radical (unpaired) electrons. The molecule has 0 aromatic carbocycles. The van der Waals surface area contributed by atoms with Gasteiger partial charge >= 0.3 is 0 Å². The predicted molar refractivity (Wildman–Crippen MR) is 106 cm³/mol. The molecule has 0 amide bonds. The average Bonchev–Trinajstić information content (AvgIpc) is 3.12. The van der Waals surface area contributed by atoms with Crippen molar-refractivity contribution in [1.82, 2.24) is 14.6 Å². The van der Waals surface area contributed by atoms with Crippen LogP contribution >= 0.6 is 11.3 Å². The van der Waals surface area contributed by atoms with Gasteiger partial charge in [-0.1, -0.05) is 17.4 Å². The number of nitrogen functional groups attached to an aromatic ring is 1. The summed E-state index contributed by atoms with van der Waals surface area (Å²) in [5.41, 5.74) is 6.63. The van der Waals surface area contributed by atoms with Crippen molar-refractivity contribution in [3.8, 4) is 0 Å². The second-order valence-electron chi connectivity index (χ2n) is 6.18. The van der Waals surface area contributed by atoms with Gasteiger partial charge in [0, 0.05) is 13.1 Å². The quantitative estimate of drug-likeness (QED) is 0.808. The van der Waals surface area contributed by atoms with Crippen molar-refractivity contribution in [2.24, 2.45) is 0 Å². The molecule has 1 aliphatic heterocycles. The highest BCUT2D eigenvalue weighted by Crippen LogP contribution is 2.26.